The monoisotopic (exact) mass is 271 g/mol. The van der Waals surface area contributed by atoms with Crippen LogP contribution < -0.4 is 9.64 Å². The number of aliphatic carboxylic acids is 1. The minimum Gasteiger partial charge on any atom is -0.495 e. The maximum absolute atomic E-state index is 11.3. The van der Waals surface area contributed by atoms with E-state index >= 15 is 0 Å². The molecule has 0 amide bonds. The van der Waals surface area contributed by atoms with E-state index in [1.54, 1.807) is 30.2 Å². The van der Waals surface area contributed by atoms with Gasteiger partial charge in [0.15, 0.2) is 0 Å². The summed E-state index contributed by atoms with van der Waals surface area (Å²) in [6, 6.07) is 4.62. The summed E-state index contributed by atoms with van der Waals surface area (Å²) in [7, 11) is 1.56. The van der Waals surface area contributed by atoms with Crippen molar-refractivity contribution in [1.82, 2.24) is 0 Å². The van der Waals surface area contributed by atoms with Crippen LogP contribution in [0.1, 0.15) is 20.3 Å². The van der Waals surface area contributed by atoms with Crippen LogP contribution in [0, 0.1) is 0 Å². The van der Waals surface area contributed by atoms with E-state index < -0.39 is 12.0 Å². The fourth-order valence-corrected chi connectivity index (χ4v) is 2.14. The molecule has 0 saturated carbocycles. The molecule has 0 unspecified atom stereocenters. The molecule has 1 N–H and O–H groups in total. The Balaban J connectivity index is 3.22. The summed E-state index contributed by atoms with van der Waals surface area (Å²) in [5, 5.41) is 9.81. The predicted octanol–water partition coefficient (Wildman–Crippen LogP) is 3.04. The molecule has 0 heterocycles. The lowest BCUT2D eigenvalue weighted by atomic mass is 10.1. The fraction of sp³-hybridized carbons (Fsp3) is 0.462. The van der Waals surface area contributed by atoms with Gasteiger partial charge < -0.3 is 14.7 Å². The van der Waals surface area contributed by atoms with Crippen molar-refractivity contribution < 1.29 is 14.6 Å². The number of rotatable bonds is 6. The number of halogens is 1. The van der Waals surface area contributed by atoms with Gasteiger partial charge in [0.05, 0.1) is 12.8 Å². The van der Waals surface area contributed by atoms with E-state index in [9.17, 15) is 9.90 Å². The van der Waals surface area contributed by atoms with Gasteiger partial charge in [0.2, 0.25) is 0 Å². The molecular weight excluding hydrogens is 254 g/mol. The molecule has 4 nitrogen and oxygen atoms in total. The SMILES string of the molecule is CC[C@H](C(=O)O)N(CC)c1cc(Cl)ccc1OC. The maximum Gasteiger partial charge on any atom is 0.326 e. The lowest BCUT2D eigenvalue weighted by Gasteiger charge is -2.30. The van der Waals surface area contributed by atoms with Gasteiger partial charge in [-0.15, -0.1) is 0 Å². The molecule has 0 saturated heterocycles. The lowest BCUT2D eigenvalue weighted by Crippen LogP contribution is -2.41. The van der Waals surface area contributed by atoms with E-state index in [0.29, 0.717) is 29.4 Å². The first kappa shape index (κ1) is 14.6. The zero-order valence-electron chi connectivity index (χ0n) is 10.8. The summed E-state index contributed by atoms with van der Waals surface area (Å²) >= 11 is 5.97. The molecule has 18 heavy (non-hydrogen) atoms. The number of carboxylic acids is 1. The number of carbonyl (C=O) groups is 1. The second kappa shape index (κ2) is 6.50. The molecular formula is C13H18ClNO3. The van der Waals surface area contributed by atoms with E-state index in [1.165, 1.54) is 0 Å². The lowest BCUT2D eigenvalue weighted by molar-refractivity contribution is -0.138. The van der Waals surface area contributed by atoms with Crippen molar-refractivity contribution in [1.29, 1.82) is 0 Å². The highest BCUT2D eigenvalue weighted by Crippen LogP contribution is 2.32. The number of carboxylic acid groups (broad SMARTS) is 1. The van der Waals surface area contributed by atoms with Crippen molar-refractivity contribution in [3.63, 3.8) is 0 Å². The number of methoxy groups -OCH3 is 1. The molecule has 0 radical (unpaired) electrons. The second-order valence-corrected chi connectivity index (χ2v) is 4.30. The summed E-state index contributed by atoms with van der Waals surface area (Å²) in [6.45, 7) is 4.33. The van der Waals surface area contributed by atoms with Crippen molar-refractivity contribution in [2.75, 3.05) is 18.6 Å². The highest BCUT2D eigenvalue weighted by Gasteiger charge is 2.25. The standard InChI is InChI=1S/C13H18ClNO3/c1-4-10(13(16)17)15(5-2)11-8-9(14)6-7-12(11)18-3/h6-8,10H,4-5H2,1-3H3,(H,16,17)/t10-/m1/s1. The van der Waals surface area contributed by atoms with Gasteiger partial charge in [-0.05, 0) is 31.5 Å². The number of hydrogen-bond donors (Lipinski definition) is 1. The smallest absolute Gasteiger partial charge is 0.326 e. The molecule has 1 atom stereocenters. The fourth-order valence-electron chi connectivity index (χ4n) is 1.97. The number of hydrogen-bond acceptors (Lipinski definition) is 3. The van der Waals surface area contributed by atoms with E-state index in [1.807, 2.05) is 13.8 Å². The second-order valence-electron chi connectivity index (χ2n) is 3.86. The van der Waals surface area contributed by atoms with Crippen LogP contribution in [0.2, 0.25) is 5.02 Å². The van der Waals surface area contributed by atoms with Gasteiger partial charge in [-0.1, -0.05) is 18.5 Å². The zero-order valence-corrected chi connectivity index (χ0v) is 11.6. The molecule has 0 spiro atoms. The van der Waals surface area contributed by atoms with Crippen LogP contribution >= 0.6 is 11.6 Å². The number of ether oxygens (including phenoxy) is 1. The van der Waals surface area contributed by atoms with Gasteiger partial charge in [-0.25, -0.2) is 4.79 Å². The van der Waals surface area contributed by atoms with E-state index in [4.69, 9.17) is 16.3 Å². The first-order chi connectivity index (χ1) is 8.54. The molecule has 0 aliphatic carbocycles. The summed E-state index contributed by atoms with van der Waals surface area (Å²) in [5.41, 5.74) is 0.710. The van der Waals surface area contributed by atoms with Crippen molar-refractivity contribution in [3.8, 4) is 5.75 Å². The number of nitrogens with zero attached hydrogens (tertiary/aromatic N) is 1. The molecule has 1 aromatic rings. The quantitative estimate of drug-likeness (QED) is 0.864. The third-order valence-electron chi connectivity index (χ3n) is 2.84. The van der Waals surface area contributed by atoms with Crippen LogP contribution in [-0.4, -0.2) is 30.8 Å². The topological polar surface area (TPSA) is 49.8 Å². The minimum atomic E-state index is -0.846. The summed E-state index contributed by atoms with van der Waals surface area (Å²) in [6.07, 6.45) is 0.513. The first-order valence-electron chi connectivity index (χ1n) is 5.88. The summed E-state index contributed by atoms with van der Waals surface area (Å²) < 4.78 is 5.26. The van der Waals surface area contributed by atoms with Crippen LogP contribution in [0.15, 0.2) is 18.2 Å². The molecule has 5 heteroatoms. The molecule has 0 fully saturated rings. The molecule has 0 bridgehead atoms. The average molecular weight is 272 g/mol. The number of benzene rings is 1. The molecule has 0 aliphatic rings. The molecule has 0 aromatic heterocycles. The van der Waals surface area contributed by atoms with Gasteiger partial charge in [0.25, 0.3) is 0 Å². The van der Waals surface area contributed by atoms with Crippen molar-refractivity contribution in [2.45, 2.75) is 26.3 Å². The van der Waals surface area contributed by atoms with Crippen LogP contribution in [0.3, 0.4) is 0 Å². The average Bonchev–Trinajstić information content (AvgIpc) is 2.35. The van der Waals surface area contributed by atoms with Gasteiger partial charge in [0.1, 0.15) is 11.8 Å². The van der Waals surface area contributed by atoms with E-state index in [2.05, 4.69) is 0 Å². The zero-order chi connectivity index (χ0) is 13.7. The minimum absolute atomic E-state index is 0.513. The highest BCUT2D eigenvalue weighted by atomic mass is 35.5. The van der Waals surface area contributed by atoms with Crippen molar-refractivity contribution in [2.24, 2.45) is 0 Å². The highest BCUT2D eigenvalue weighted by molar-refractivity contribution is 6.31. The van der Waals surface area contributed by atoms with Crippen LogP contribution in [0.4, 0.5) is 5.69 Å². The van der Waals surface area contributed by atoms with Gasteiger partial charge in [-0.3, -0.25) is 0 Å². The van der Waals surface area contributed by atoms with Crippen LogP contribution in [0.25, 0.3) is 0 Å². The Labute approximate surface area is 112 Å². The molecule has 1 aromatic carbocycles. The van der Waals surface area contributed by atoms with Crippen molar-refractivity contribution in [3.05, 3.63) is 23.2 Å². The molecule has 100 valence electrons. The Kier molecular flexibility index (Phi) is 5.28. The Morgan fingerprint density at radius 2 is 2.17 bits per heavy atom. The normalized spacial score (nSPS) is 12.0. The third-order valence-corrected chi connectivity index (χ3v) is 3.07. The largest absolute Gasteiger partial charge is 0.495 e. The number of anilines is 1. The van der Waals surface area contributed by atoms with Crippen LogP contribution in [0.5, 0.6) is 5.75 Å². The van der Waals surface area contributed by atoms with Gasteiger partial charge >= 0.3 is 5.97 Å². The Morgan fingerprint density at radius 3 is 2.61 bits per heavy atom. The Hall–Kier alpha value is -1.42. The molecule has 1 rings (SSSR count). The Bertz CT molecular complexity index is 423. The van der Waals surface area contributed by atoms with E-state index in [0.717, 1.165) is 0 Å². The summed E-state index contributed by atoms with van der Waals surface area (Å²) in [4.78, 5) is 13.1. The van der Waals surface area contributed by atoms with E-state index in [-0.39, 0.29) is 0 Å². The number of likely N-dealkylation sites (N-methyl/N-ethyl adjacent to an activating group) is 1. The third kappa shape index (κ3) is 3.07. The molecule has 0 aliphatic heterocycles. The first-order valence-corrected chi connectivity index (χ1v) is 6.25. The summed E-state index contributed by atoms with van der Waals surface area (Å²) in [5.74, 6) is -0.220. The van der Waals surface area contributed by atoms with Crippen LogP contribution in [-0.2, 0) is 4.79 Å². The predicted molar refractivity (Wildman–Crippen MR) is 72.7 cm³/mol. The van der Waals surface area contributed by atoms with Gasteiger partial charge in [-0.2, -0.15) is 0 Å². The van der Waals surface area contributed by atoms with Crippen molar-refractivity contribution >= 4 is 23.3 Å². The maximum atomic E-state index is 11.3. The Morgan fingerprint density at radius 1 is 1.50 bits per heavy atom. The van der Waals surface area contributed by atoms with Gasteiger partial charge in [0, 0.05) is 11.6 Å².